The van der Waals surface area contributed by atoms with E-state index in [9.17, 15) is 4.79 Å². The number of carbonyl (C=O) groups excluding carboxylic acids is 1. The van der Waals surface area contributed by atoms with Gasteiger partial charge in [-0.2, -0.15) is 0 Å². The molecule has 0 N–H and O–H groups in total. The third kappa shape index (κ3) is 3.36. The first-order chi connectivity index (χ1) is 10.8. The lowest BCUT2D eigenvalue weighted by molar-refractivity contribution is 0.112. The van der Waals surface area contributed by atoms with Crippen LogP contribution >= 0.6 is 0 Å². The Balaban J connectivity index is 1.77. The molecule has 106 valence electrons. The van der Waals surface area contributed by atoms with Crippen molar-refractivity contribution in [2.45, 2.75) is 0 Å². The Bertz CT molecular complexity index is 772. The van der Waals surface area contributed by atoms with Gasteiger partial charge in [0.25, 0.3) is 0 Å². The van der Waals surface area contributed by atoms with Crippen molar-refractivity contribution in [2.75, 3.05) is 0 Å². The van der Waals surface area contributed by atoms with Gasteiger partial charge in [0.1, 0.15) is 6.29 Å². The van der Waals surface area contributed by atoms with Crippen molar-refractivity contribution in [2.24, 2.45) is 4.99 Å². The Hall–Kier alpha value is -3.00. The van der Waals surface area contributed by atoms with Crippen molar-refractivity contribution in [1.29, 1.82) is 0 Å². The summed E-state index contributed by atoms with van der Waals surface area (Å²) >= 11 is 0. The number of aliphatic imine (C=N–C) groups is 1. The van der Waals surface area contributed by atoms with E-state index < -0.39 is 0 Å². The molecule has 0 saturated carbocycles. The van der Waals surface area contributed by atoms with Crippen molar-refractivity contribution in [3.63, 3.8) is 0 Å². The van der Waals surface area contributed by atoms with Crippen LogP contribution in [0.5, 0.6) is 0 Å². The van der Waals surface area contributed by atoms with Crippen LogP contribution in [0.4, 0.5) is 5.69 Å². The average molecular weight is 285 g/mol. The fourth-order valence-corrected chi connectivity index (χ4v) is 2.18. The van der Waals surface area contributed by atoms with Gasteiger partial charge in [0.2, 0.25) is 0 Å². The minimum absolute atomic E-state index is 0.690. The van der Waals surface area contributed by atoms with Gasteiger partial charge in [-0.25, -0.2) is 0 Å². The molecule has 0 fully saturated rings. The molecule has 0 radical (unpaired) electrons. The minimum atomic E-state index is 0.690. The molecule has 2 heteroatoms. The van der Waals surface area contributed by atoms with Crippen molar-refractivity contribution >= 4 is 18.2 Å². The number of aldehydes is 1. The van der Waals surface area contributed by atoms with Crippen molar-refractivity contribution in [3.05, 3.63) is 90.0 Å². The molecule has 0 unspecified atom stereocenters. The number of hydrogen-bond donors (Lipinski definition) is 0. The van der Waals surface area contributed by atoms with E-state index in [4.69, 9.17) is 0 Å². The number of nitrogens with zero attached hydrogens (tertiary/aromatic N) is 1. The molecule has 0 aromatic heterocycles. The quantitative estimate of drug-likeness (QED) is 0.494. The van der Waals surface area contributed by atoms with Crippen molar-refractivity contribution < 1.29 is 4.79 Å². The van der Waals surface area contributed by atoms with Gasteiger partial charge in [0.15, 0.2) is 0 Å². The molecule has 2 nitrogen and oxygen atoms in total. The maximum absolute atomic E-state index is 10.7. The van der Waals surface area contributed by atoms with Crippen LogP contribution in [0.3, 0.4) is 0 Å². The molecule has 0 bridgehead atoms. The number of carbonyl (C=O) groups is 1. The second-order valence-electron chi connectivity index (χ2n) is 4.96. The fraction of sp³-hybridized carbons (Fsp3) is 0. The number of para-hydroxylation sites is 1. The van der Waals surface area contributed by atoms with Crippen LogP contribution in [-0.4, -0.2) is 12.5 Å². The Morgan fingerprint density at radius 3 is 1.73 bits per heavy atom. The Kier molecular flexibility index (Phi) is 4.21. The van der Waals surface area contributed by atoms with E-state index in [1.807, 2.05) is 72.9 Å². The summed E-state index contributed by atoms with van der Waals surface area (Å²) in [6.45, 7) is 0. The zero-order chi connectivity index (χ0) is 15.2. The number of benzene rings is 3. The van der Waals surface area contributed by atoms with Gasteiger partial charge >= 0.3 is 0 Å². The number of hydrogen-bond acceptors (Lipinski definition) is 2. The molecule has 3 rings (SSSR count). The highest BCUT2D eigenvalue weighted by atomic mass is 16.1. The summed E-state index contributed by atoms with van der Waals surface area (Å²) < 4.78 is 0. The first-order valence-electron chi connectivity index (χ1n) is 7.10. The van der Waals surface area contributed by atoms with E-state index in [1.165, 1.54) is 0 Å². The molecule has 3 aromatic carbocycles. The van der Waals surface area contributed by atoms with E-state index in [2.05, 4.69) is 17.1 Å². The van der Waals surface area contributed by atoms with Crippen LogP contribution in [0.1, 0.15) is 15.9 Å². The topological polar surface area (TPSA) is 29.4 Å². The van der Waals surface area contributed by atoms with Crippen molar-refractivity contribution in [1.82, 2.24) is 0 Å². The zero-order valence-corrected chi connectivity index (χ0v) is 12.0. The van der Waals surface area contributed by atoms with Gasteiger partial charge < -0.3 is 0 Å². The Labute approximate surface area is 129 Å². The van der Waals surface area contributed by atoms with Crippen LogP contribution in [0, 0.1) is 0 Å². The van der Waals surface area contributed by atoms with Crippen LogP contribution in [0.2, 0.25) is 0 Å². The molecular formula is C20H15NO. The highest BCUT2D eigenvalue weighted by Crippen LogP contribution is 2.20. The molecule has 22 heavy (non-hydrogen) atoms. The predicted molar refractivity (Wildman–Crippen MR) is 91.0 cm³/mol. The predicted octanol–water partition coefficient (Wildman–Crippen LogP) is 4.92. The lowest BCUT2D eigenvalue weighted by Crippen LogP contribution is -1.84. The molecule has 0 atom stereocenters. The highest BCUT2D eigenvalue weighted by Gasteiger charge is 1.98. The lowest BCUT2D eigenvalue weighted by atomic mass is 10.0. The summed E-state index contributed by atoms with van der Waals surface area (Å²) in [7, 11) is 0. The van der Waals surface area contributed by atoms with E-state index in [0.717, 1.165) is 28.7 Å². The second-order valence-corrected chi connectivity index (χ2v) is 4.96. The van der Waals surface area contributed by atoms with Gasteiger partial charge in [-0.05, 0) is 28.8 Å². The molecule has 0 heterocycles. The molecule has 0 aliphatic rings. The van der Waals surface area contributed by atoms with Crippen LogP contribution in [0.15, 0.2) is 83.9 Å². The van der Waals surface area contributed by atoms with Gasteiger partial charge in [0, 0.05) is 11.8 Å². The highest BCUT2D eigenvalue weighted by molar-refractivity contribution is 5.83. The average Bonchev–Trinajstić information content (AvgIpc) is 2.61. The summed E-state index contributed by atoms with van der Waals surface area (Å²) in [6.07, 6.45) is 2.71. The summed E-state index contributed by atoms with van der Waals surface area (Å²) in [6, 6.07) is 25.6. The molecule has 0 aliphatic carbocycles. The SMILES string of the molecule is O=Cc1ccc(-c2ccc(C=Nc3ccccc3)cc2)cc1. The molecule has 0 saturated heterocycles. The Morgan fingerprint density at radius 1 is 0.636 bits per heavy atom. The van der Waals surface area contributed by atoms with Gasteiger partial charge in [-0.15, -0.1) is 0 Å². The Morgan fingerprint density at radius 2 is 1.18 bits per heavy atom. The molecular weight excluding hydrogens is 270 g/mol. The normalized spacial score (nSPS) is 10.7. The third-order valence-corrected chi connectivity index (χ3v) is 3.41. The summed E-state index contributed by atoms with van der Waals surface area (Å²) in [5.41, 5.74) is 4.90. The largest absolute Gasteiger partial charge is 0.298 e. The molecule has 3 aromatic rings. The first-order valence-corrected chi connectivity index (χ1v) is 7.10. The van der Waals surface area contributed by atoms with E-state index >= 15 is 0 Å². The molecule has 0 amide bonds. The maximum atomic E-state index is 10.7. The standard InChI is InChI=1S/C20H15NO/c22-15-17-8-12-19(13-9-17)18-10-6-16(7-11-18)14-21-20-4-2-1-3-5-20/h1-15H. The van der Waals surface area contributed by atoms with E-state index in [0.29, 0.717) is 5.56 Å². The molecule has 0 spiro atoms. The summed E-state index contributed by atoms with van der Waals surface area (Å²) in [4.78, 5) is 15.1. The minimum Gasteiger partial charge on any atom is -0.298 e. The summed E-state index contributed by atoms with van der Waals surface area (Å²) in [5.74, 6) is 0. The van der Waals surface area contributed by atoms with E-state index in [-0.39, 0.29) is 0 Å². The fourth-order valence-electron chi connectivity index (χ4n) is 2.18. The van der Waals surface area contributed by atoms with Crippen LogP contribution in [0.25, 0.3) is 11.1 Å². The molecule has 0 aliphatic heterocycles. The third-order valence-electron chi connectivity index (χ3n) is 3.41. The van der Waals surface area contributed by atoms with E-state index in [1.54, 1.807) is 0 Å². The maximum Gasteiger partial charge on any atom is 0.150 e. The van der Waals surface area contributed by atoms with Crippen molar-refractivity contribution in [3.8, 4) is 11.1 Å². The first kappa shape index (κ1) is 14.0. The lowest BCUT2D eigenvalue weighted by Gasteiger charge is -2.02. The van der Waals surface area contributed by atoms with Crippen LogP contribution < -0.4 is 0 Å². The van der Waals surface area contributed by atoms with Gasteiger partial charge in [-0.1, -0.05) is 66.7 Å². The summed E-state index contributed by atoms with van der Waals surface area (Å²) in [5, 5.41) is 0. The van der Waals surface area contributed by atoms with Gasteiger partial charge in [-0.3, -0.25) is 9.79 Å². The monoisotopic (exact) mass is 285 g/mol. The van der Waals surface area contributed by atoms with Crippen LogP contribution in [-0.2, 0) is 0 Å². The van der Waals surface area contributed by atoms with Gasteiger partial charge in [0.05, 0.1) is 5.69 Å². The zero-order valence-electron chi connectivity index (χ0n) is 12.0. The number of rotatable bonds is 4. The second kappa shape index (κ2) is 6.64. The smallest absolute Gasteiger partial charge is 0.150 e.